The van der Waals surface area contributed by atoms with Crippen molar-refractivity contribution in [3.05, 3.63) is 77.7 Å². The predicted octanol–water partition coefficient (Wildman–Crippen LogP) is 3.08. The van der Waals surface area contributed by atoms with Gasteiger partial charge in [-0.2, -0.15) is 0 Å². The Balaban J connectivity index is 1.22. The van der Waals surface area contributed by atoms with Gasteiger partial charge in [0.15, 0.2) is 0 Å². The number of likely N-dealkylation sites (tertiary alicyclic amines) is 1. The molecular formula is C25H30N4O. The molecule has 0 amide bonds. The SMILES string of the molecule is Cn1cc(-c2ccccc2)nc1CN1CCC(N2CCc3ccccc3C2)C(O)C1. The Morgan fingerprint density at radius 3 is 2.57 bits per heavy atom. The number of aromatic nitrogens is 2. The summed E-state index contributed by atoms with van der Waals surface area (Å²) in [6, 6.07) is 19.3. The summed E-state index contributed by atoms with van der Waals surface area (Å²) >= 11 is 0. The molecule has 2 atom stereocenters. The molecule has 1 N–H and O–H groups in total. The van der Waals surface area contributed by atoms with Gasteiger partial charge in [-0.05, 0) is 24.0 Å². The Labute approximate surface area is 178 Å². The number of aliphatic hydroxyl groups excluding tert-OH is 1. The number of piperidine rings is 1. The molecule has 156 valence electrons. The summed E-state index contributed by atoms with van der Waals surface area (Å²) in [7, 11) is 2.06. The lowest BCUT2D eigenvalue weighted by Crippen LogP contribution is -2.54. The van der Waals surface area contributed by atoms with Crippen molar-refractivity contribution >= 4 is 0 Å². The van der Waals surface area contributed by atoms with Gasteiger partial charge in [0.2, 0.25) is 0 Å². The maximum absolute atomic E-state index is 11.0. The molecule has 5 heteroatoms. The van der Waals surface area contributed by atoms with Gasteiger partial charge in [0.1, 0.15) is 5.82 Å². The molecule has 2 aliphatic heterocycles. The third kappa shape index (κ3) is 3.93. The van der Waals surface area contributed by atoms with E-state index in [2.05, 4.69) is 64.0 Å². The van der Waals surface area contributed by atoms with Crippen LogP contribution in [-0.4, -0.2) is 56.2 Å². The molecule has 2 aromatic carbocycles. The van der Waals surface area contributed by atoms with Crippen LogP contribution in [-0.2, 0) is 26.6 Å². The highest BCUT2D eigenvalue weighted by molar-refractivity contribution is 5.58. The Hall–Kier alpha value is -2.47. The monoisotopic (exact) mass is 402 g/mol. The Bertz CT molecular complexity index is 999. The molecule has 1 fully saturated rings. The number of nitrogens with zero attached hydrogens (tertiary/aromatic N) is 4. The lowest BCUT2D eigenvalue weighted by atomic mass is 9.94. The van der Waals surface area contributed by atoms with Gasteiger partial charge in [0.05, 0.1) is 18.3 Å². The zero-order valence-electron chi connectivity index (χ0n) is 17.6. The topological polar surface area (TPSA) is 44.5 Å². The first-order chi connectivity index (χ1) is 14.7. The van der Waals surface area contributed by atoms with E-state index in [1.807, 2.05) is 18.2 Å². The summed E-state index contributed by atoms with van der Waals surface area (Å²) in [5.74, 6) is 1.05. The molecule has 0 radical (unpaired) electrons. The van der Waals surface area contributed by atoms with Crippen LogP contribution in [0.25, 0.3) is 11.3 Å². The van der Waals surface area contributed by atoms with Crippen LogP contribution < -0.4 is 0 Å². The first kappa shape index (κ1) is 19.5. The zero-order valence-corrected chi connectivity index (χ0v) is 17.6. The van der Waals surface area contributed by atoms with E-state index in [1.54, 1.807) is 0 Å². The normalized spacial score (nSPS) is 22.7. The fourth-order valence-corrected chi connectivity index (χ4v) is 4.95. The highest BCUT2D eigenvalue weighted by atomic mass is 16.3. The number of hydrogen-bond acceptors (Lipinski definition) is 4. The van der Waals surface area contributed by atoms with Crippen LogP contribution >= 0.6 is 0 Å². The summed E-state index contributed by atoms with van der Waals surface area (Å²) in [5, 5.41) is 11.0. The average molecular weight is 403 g/mol. The minimum Gasteiger partial charge on any atom is -0.390 e. The molecule has 2 unspecified atom stereocenters. The number of fused-ring (bicyclic) bond motifs is 1. The van der Waals surface area contributed by atoms with Crippen molar-refractivity contribution in [2.24, 2.45) is 7.05 Å². The van der Waals surface area contributed by atoms with Gasteiger partial charge in [-0.1, -0.05) is 54.6 Å². The molecule has 30 heavy (non-hydrogen) atoms. The van der Waals surface area contributed by atoms with E-state index in [-0.39, 0.29) is 12.1 Å². The first-order valence-corrected chi connectivity index (χ1v) is 11.0. The maximum atomic E-state index is 11.0. The van der Waals surface area contributed by atoms with Gasteiger partial charge in [0, 0.05) is 51.0 Å². The van der Waals surface area contributed by atoms with Crippen molar-refractivity contribution in [3.8, 4) is 11.3 Å². The molecule has 0 aliphatic carbocycles. The largest absolute Gasteiger partial charge is 0.390 e. The van der Waals surface area contributed by atoms with E-state index < -0.39 is 0 Å². The van der Waals surface area contributed by atoms with E-state index in [0.717, 1.165) is 56.1 Å². The fourth-order valence-electron chi connectivity index (χ4n) is 4.95. The molecule has 0 spiro atoms. The van der Waals surface area contributed by atoms with Crippen LogP contribution in [0.1, 0.15) is 23.4 Å². The van der Waals surface area contributed by atoms with E-state index in [9.17, 15) is 5.11 Å². The highest BCUT2D eigenvalue weighted by Crippen LogP contribution is 2.26. The van der Waals surface area contributed by atoms with Crippen molar-refractivity contribution in [1.29, 1.82) is 0 Å². The number of benzene rings is 2. The number of imidazole rings is 1. The second-order valence-electron chi connectivity index (χ2n) is 8.67. The number of hydrogen-bond donors (Lipinski definition) is 1. The standard InChI is InChI=1S/C25H30N4O/c1-27-16-22(20-8-3-2-4-9-20)26-25(27)18-28-13-12-23(24(30)17-28)29-14-11-19-7-5-6-10-21(19)15-29/h2-10,16,23-24,30H,11-15,17-18H2,1H3. The molecule has 2 aliphatic rings. The second-order valence-corrected chi connectivity index (χ2v) is 8.67. The van der Waals surface area contributed by atoms with Crippen LogP contribution in [0.5, 0.6) is 0 Å². The molecule has 3 aromatic rings. The van der Waals surface area contributed by atoms with Crippen LogP contribution in [0.4, 0.5) is 0 Å². The molecular weight excluding hydrogens is 372 g/mol. The number of β-amino-alcohol motifs (C(OH)–C–C–N with tert-alkyl or cyclic N) is 1. The zero-order chi connectivity index (χ0) is 20.5. The molecule has 0 bridgehead atoms. The fraction of sp³-hybridized carbons (Fsp3) is 0.400. The van der Waals surface area contributed by atoms with Crippen molar-refractivity contribution < 1.29 is 5.11 Å². The van der Waals surface area contributed by atoms with Crippen LogP contribution in [0, 0.1) is 0 Å². The van der Waals surface area contributed by atoms with Crippen molar-refractivity contribution in [3.63, 3.8) is 0 Å². The lowest BCUT2D eigenvalue weighted by Gasteiger charge is -2.43. The van der Waals surface area contributed by atoms with Crippen LogP contribution in [0.3, 0.4) is 0 Å². The number of rotatable bonds is 4. The van der Waals surface area contributed by atoms with E-state index in [1.165, 1.54) is 11.1 Å². The van der Waals surface area contributed by atoms with E-state index in [4.69, 9.17) is 4.98 Å². The molecule has 1 aromatic heterocycles. The van der Waals surface area contributed by atoms with Gasteiger partial charge in [-0.3, -0.25) is 9.80 Å². The minimum absolute atomic E-state index is 0.246. The minimum atomic E-state index is -0.321. The smallest absolute Gasteiger partial charge is 0.123 e. The van der Waals surface area contributed by atoms with Gasteiger partial charge in [-0.25, -0.2) is 4.98 Å². The molecule has 1 saturated heterocycles. The third-order valence-corrected chi connectivity index (χ3v) is 6.67. The van der Waals surface area contributed by atoms with Crippen molar-refractivity contribution in [2.75, 3.05) is 19.6 Å². The maximum Gasteiger partial charge on any atom is 0.123 e. The van der Waals surface area contributed by atoms with Gasteiger partial charge >= 0.3 is 0 Å². The number of aliphatic hydroxyl groups is 1. The van der Waals surface area contributed by atoms with Gasteiger partial charge < -0.3 is 9.67 Å². The Morgan fingerprint density at radius 1 is 1.00 bits per heavy atom. The average Bonchev–Trinajstić information content (AvgIpc) is 3.14. The summed E-state index contributed by atoms with van der Waals surface area (Å²) in [5.41, 5.74) is 5.03. The highest BCUT2D eigenvalue weighted by Gasteiger charge is 2.33. The molecule has 0 saturated carbocycles. The van der Waals surface area contributed by atoms with Gasteiger partial charge in [0.25, 0.3) is 0 Å². The predicted molar refractivity (Wildman–Crippen MR) is 119 cm³/mol. The van der Waals surface area contributed by atoms with Crippen LogP contribution in [0.15, 0.2) is 60.8 Å². The molecule has 3 heterocycles. The van der Waals surface area contributed by atoms with Crippen molar-refractivity contribution in [1.82, 2.24) is 19.4 Å². The van der Waals surface area contributed by atoms with E-state index >= 15 is 0 Å². The lowest BCUT2D eigenvalue weighted by molar-refractivity contribution is -0.0212. The second kappa shape index (κ2) is 8.34. The Kier molecular flexibility index (Phi) is 5.42. The summed E-state index contributed by atoms with van der Waals surface area (Å²) in [6.45, 7) is 4.47. The summed E-state index contributed by atoms with van der Waals surface area (Å²) < 4.78 is 2.11. The first-order valence-electron chi connectivity index (χ1n) is 11.0. The van der Waals surface area contributed by atoms with E-state index in [0.29, 0.717) is 6.54 Å². The van der Waals surface area contributed by atoms with Crippen molar-refractivity contribution in [2.45, 2.75) is 38.1 Å². The molecule has 5 nitrogen and oxygen atoms in total. The molecule has 5 rings (SSSR count). The number of aryl methyl sites for hydroxylation is 1. The Morgan fingerprint density at radius 2 is 1.77 bits per heavy atom. The van der Waals surface area contributed by atoms with Crippen LogP contribution in [0.2, 0.25) is 0 Å². The summed E-state index contributed by atoms with van der Waals surface area (Å²) in [4.78, 5) is 9.69. The quantitative estimate of drug-likeness (QED) is 0.729. The van der Waals surface area contributed by atoms with Gasteiger partial charge in [-0.15, -0.1) is 0 Å². The third-order valence-electron chi connectivity index (χ3n) is 6.67. The summed E-state index contributed by atoms with van der Waals surface area (Å²) in [6.07, 6.45) is 3.86.